The van der Waals surface area contributed by atoms with Crippen molar-refractivity contribution in [2.45, 2.75) is 44.3 Å². The van der Waals surface area contributed by atoms with Crippen LogP contribution in [-0.2, 0) is 0 Å². The molecule has 158 valence electrons. The van der Waals surface area contributed by atoms with Gasteiger partial charge in [0.2, 0.25) is 0 Å². The molecule has 2 amide bonds. The van der Waals surface area contributed by atoms with Crippen molar-refractivity contribution in [3.05, 3.63) is 65.2 Å². The van der Waals surface area contributed by atoms with Crippen molar-refractivity contribution in [3.63, 3.8) is 0 Å². The molecular formula is C24H27NO5. The number of hydrogen-bond donors (Lipinski definition) is 2. The highest BCUT2D eigenvalue weighted by Gasteiger charge is 2.35. The zero-order chi connectivity index (χ0) is 21.1. The van der Waals surface area contributed by atoms with E-state index in [1.165, 1.54) is 4.90 Å². The van der Waals surface area contributed by atoms with Crippen molar-refractivity contribution >= 4 is 11.8 Å². The average molecular weight is 409 g/mol. The van der Waals surface area contributed by atoms with Crippen LogP contribution in [-0.4, -0.2) is 46.2 Å². The third-order valence-electron chi connectivity index (χ3n) is 6.05. The van der Waals surface area contributed by atoms with Crippen LogP contribution in [0.2, 0.25) is 0 Å². The van der Waals surface area contributed by atoms with Gasteiger partial charge in [-0.1, -0.05) is 24.3 Å². The van der Waals surface area contributed by atoms with Gasteiger partial charge in [-0.05, 0) is 67.9 Å². The molecule has 1 saturated carbocycles. The van der Waals surface area contributed by atoms with Crippen LogP contribution in [0.25, 0.3) is 0 Å². The minimum Gasteiger partial charge on any atom is -0.493 e. The van der Waals surface area contributed by atoms with Crippen molar-refractivity contribution < 1.29 is 24.5 Å². The quantitative estimate of drug-likeness (QED) is 0.685. The number of carbonyl (C=O) groups excluding carboxylic acids is 2. The maximum absolute atomic E-state index is 12.5. The molecule has 2 N–H and O–H groups in total. The summed E-state index contributed by atoms with van der Waals surface area (Å²) in [6.07, 6.45) is 2.85. The molecule has 0 radical (unpaired) electrons. The molecule has 6 nitrogen and oxygen atoms in total. The minimum absolute atomic E-state index is 0.156. The SMILES string of the molecule is O=C1c2ccccc2C(=O)N1CC[C@@H](O)c1cccc(OC[C@H]2CC[C@@H](O)CC2)c1. The average Bonchev–Trinajstić information content (AvgIpc) is 3.02. The van der Waals surface area contributed by atoms with E-state index in [9.17, 15) is 19.8 Å². The normalized spacial score (nSPS) is 22.1. The van der Waals surface area contributed by atoms with Gasteiger partial charge in [-0.3, -0.25) is 14.5 Å². The van der Waals surface area contributed by atoms with E-state index in [0.29, 0.717) is 35.0 Å². The molecule has 30 heavy (non-hydrogen) atoms. The fourth-order valence-electron chi connectivity index (χ4n) is 4.20. The lowest BCUT2D eigenvalue weighted by atomic mass is 9.88. The van der Waals surface area contributed by atoms with Gasteiger partial charge in [0.05, 0.1) is 29.9 Å². The molecule has 1 atom stereocenters. The van der Waals surface area contributed by atoms with E-state index in [2.05, 4.69) is 0 Å². The molecular weight excluding hydrogens is 382 g/mol. The van der Waals surface area contributed by atoms with Gasteiger partial charge >= 0.3 is 0 Å². The summed E-state index contributed by atoms with van der Waals surface area (Å²) in [6.45, 7) is 0.754. The smallest absolute Gasteiger partial charge is 0.261 e. The first-order valence-electron chi connectivity index (χ1n) is 10.6. The second-order valence-electron chi connectivity index (χ2n) is 8.17. The number of fused-ring (bicyclic) bond motifs is 1. The number of amides is 2. The summed E-state index contributed by atoms with van der Waals surface area (Å²) in [5, 5.41) is 20.2. The largest absolute Gasteiger partial charge is 0.493 e. The Labute approximate surface area is 176 Å². The molecule has 0 spiro atoms. The number of aliphatic hydroxyl groups is 2. The van der Waals surface area contributed by atoms with E-state index in [4.69, 9.17) is 4.74 Å². The number of imide groups is 1. The van der Waals surface area contributed by atoms with Crippen LogP contribution in [0.1, 0.15) is 64.5 Å². The summed E-state index contributed by atoms with van der Waals surface area (Å²) in [7, 11) is 0. The summed E-state index contributed by atoms with van der Waals surface area (Å²) < 4.78 is 5.91. The van der Waals surface area contributed by atoms with E-state index in [1.807, 2.05) is 24.3 Å². The predicted molar refractivity (Wildman–Crippen MR) is 111 cm³/mol. The third kappa shape index (κ3) is 4.40. The highest BCUT2D eigenvalue weighted by molar-refractivity contribution is 6.21. The van der Waals surface area contributed by atoms with Crippen molar-refractivity contribution in [3.8, 4) is 5.75 Å². The fourth-order valence-corrected chi connectivity index (χ4v) is 4.20. The Morgan fingerprint density at radius 3 is 2.30 bits per heavy atom. The summed E-state index contributed by atoms with van der Waals surface area (Å²) in [6, 6.07) is 14.1. The Kier molecular flexibility index (Phi) is 6.16. The minimum atomic E-state index is -0.803. The highest BCUT2D eigenvalue weighted by atomic mass is 16.5. The molecule has 2 aromatic rings. The van der Waals surface area contributed by atoms with Crippen molar-refractivity contribution in [2.75, 3.05) is 13.2 Å². The first kappa shape index (κ1) is 20.6. The Hall–Kier alpha value is -2.70. The molecule has 0 saturated heterocycles. The molecule has 1 fully saturated rings. The first-order chi connectivity index (χ1) is 14.5. The Bertz CT molecular complexity index is 884. The first-order valence-corrected chi connectivity index (χ1v) is 10.6. The molecule has 2 aliphatic rings. The van der Waals surface area contributed by atoms with Gasteiger partial charge in [0.15, 0.2) is 0 Å². The number of rotatable bonds is 7. The van der Waals surface area contributed by atoms with E-state index >= 15 is 0 Å². The van der Waals surface area contributed by atoms with E-state index in [1.54, 1.807) is 24.3 Å². The number of ether oxygens (including phenoxy) is 1. The van der Waals surface area contributed by atoms with Crippen LogP contribution < -0.4 is 4.74 Å². The third-order valence-corrected chi connectivity index (χ3v) is 6.05. The number of hydrogen-bond acceptors (Lipinski definition) is 5. The summed E-state index contributed by atoms with van der Waals surface area (Å²) in [5.41, 5.74) is 1.54. The Morgan fingerprint density at radius 2 is 1.63 bits per heavy atom. The van der Waals surface area contributed by atoms with Crippen LogP contribution in [0.4, 0.5) is 0 Å². The monoisotopic (exact) mass is 409 g/mol. The van der Waals surface area contributed by atoms with Crippen LogP contribution in [0.15, 0.2) is 48.5 Å². The summed E-state index contributed by atoms with van der Waals surface area (Å²) >= 11 is 0. The van der Waals surface area contributed by atoms with Crippen molar-refractivity contribution in [2.24, 2.45) is 5.92 Å². The van der Waals surface area contributed by atoms with E-state index in [-0.39, 0.29) is 30.9 Å². The molecule has 4 rings (SSSR count). The molecule has 2 aromatic carbocycles. The van der Waals surface area contributed by atoms with Crippen LogP contribution >= 0.6 is 0 Å². The maximum Gasteiger partial charge on any atom is 0.261 e. The van der Waals surface area contributed by atoms with E-state index < -0.39 is 6.10 Å². The molecule has 6 heteroatoms. The van der Waals surface area contributed by atoms with Gasteiger partial charge in [0.25, 0.3) is 11.8 Å². The zero-order valence-electron chi connectivity index (χ0n) is 16.9. The number of nitrogens with zero attached hydrogens (tertiary/aromatic N) is 1. The van der Waals surface area contributed by atoms with Crippen molar-refractivity contribution in [1.29, 1.82) is 0 Å². The fraction of sp³-hybridized carbons (Fsp3) is 0.417. The number of benzene rings is 2. The summed E-state index contributed by atoms with van der Waals surface area (Å²) in [5.74, 6) is 0.518. The lowest BCUT2D eigenvalue weighted by molar-refractivity contribution is 0.0621. The summed E-state index contributed by atoms with van der Waals surface area (Å²) in [4.78, 5) is 26.1. The van der Waals surface area contributed by atoms with E-state index in [0.717, 1.165) is 25.7 Å². The molecule has 0 unspecified atom stereocenters. The van der Waals surface area contributed by atoms with Crippen LogP contribution in [0.5, 0.6) is 5.75 Å². The van der Waals surface area contributed by atoms with Gasteiger partial charge in [0.1, 0.15) is 5.75 Å². The number of aliphatic hydroxyl groups excluding tert-OH is 2. The van der Waals surface area contributed by atoms with Gasteiger partial charge in [-0.25, -0.2) is 0 Å². The second-order valence-corrected chi connectivity index (χ2v) is 8.17. The number of carbonyl (C=O) groups is 2. The molecule has 0 bridgehead atoms. The van der Waals surface area contributed by atoms with Gasteiger partial charge in [0, 0.05) is 6.54 Å². The Morgan fingerprint density at radius 1 is 0.967 bits per heavy atom. The van der Waals surface area contributed by atoms with Gasteiger partial charge in [-0.15, -0.1) is 0 Å². The lowest BCUT2D eigenvalue weighted by Gasteiger charge is -2.25. The van der Waals surface area contributed by atoms with Crippen LogP contribution in [0, 0.1) is 5.92 Å². The topological polar surface area (TPSA) is 87.1 Å². The van der Waals surface area contributed by atoms with Gasteiger partial charge in [-0.2, -0.15) is 0 Å². The molecule has 1 aliphatic carbocycles. The molecule has 0 aromatic heterocycles. The predicted octanol–water partition coefficient (Wildman–Crippen LogP) is 3.34. The lowest BCUT2D eigenvalue weighted by Crippen LogP contribution is -2.31. The van der Waals surface area contributed by atoms with Crippen molar-refractivity contribution in [1.82, 2.24) is 4.90 Å². The Balaban J connectivity index is 1.32. The maximum atomic E-state index is 12.5. The second kappa shape index (κ2) is 8.98. The zero-order valence-corrected chi connectivity index (χ0v) is 16.9. The molecule has 1 aliphatic heterocycles. The standard InChI is InChI=1S/C24H27NO5/c26-18-10-8-16(9-11-18)15-30-19-5-3-4-17(14-19)22(27)12-13-25-23(28)20-6-1-2-7-21(20)24(25)29/h1-7,14,16,18,22,26-27H,8-13,15H2/t16-,18+,22-/m1/s1. The molecule has 1 heterocycles. The van der Waals surface area contributed by atoms with Gasteiger partial charge < -0.3 is 14.9 Å². The van der Waals surface area contributed by atoms with Crippen LogP contribution in [0.3, 0.4) is 0 Å². The highest BCUT2D eigenvalue weighted by Crippen LogP contribution is 2.28.